The number of nitrogens with one attached hydrogen (secondary N) is 2. The molecule has 0 saturated heterocycles. The van der Waals surface area contributed by atoms with Crippen molar-refractivity contribution in [3.05, 3.63) is 22.2 Å². The summed E-state index contributed by atoms with van der Waals surface area (Å²) in [4.78, 5) is 23.2. The summed E-state index contributed by atoms with van der Waals surface area (Å²) in [6, 6.07) is 3.34. The molecule has 0 spiro atoms. The molecule has 0 aliphatic rings. The highest BCUT2D eigenvalue weighted by molar-refractivity contribution is 9.10. The maximum absolute atomic E-state index is 11.6. The third-order valence-corrected chi connectivity index (χ3v) is 3.76. The molecule has 0 heterocycles. The predicted octanol–water partition coefficient (Wildman–Crippen LogP) is 1.83. The number of hydrogen-bond donors (Lipinski definition) is 2. The zero-order valence-corrected chi connectivity index (χ0v) is 15.1. The first-order valence-corrected chi connectivity index (χ1v) is 7.77. The maximum Gasteiger partial charge on any atom is 0.329 e. The summed E-state index contributed by atoms with van der Waals surface area (Å²) in [6.07, 6.45) is 2.14. The van der Waals surface area contributed by atoms with Crippen LogP contribution in [0.1, 0.15) is 25.8 Å². The van der Waals surface area contributed by atoms with Crippen LogP contribution in [0.4, 0.5) is 0 Å². The second-order valence-corrected chi connectivity index (χ2v) is 5.56. The zero-order chi connectivity index (χ0) is 17.4. The van der Waals surface area contributed by atoms with Crippen LogP contribution < -0.4 is 20.2 Å². The van der Waals surface area contributed by atoms with Crippen molar-refractivity contribution < 1.29 is 19.1 Å². The fourth-order valence-corrected chi connectivity index (χ4v) is 2.00. The summed E-state index contributed by atoms with van der Waals surface area (Å²) in [6.45, 7) is 3.73. The molecule has 0 aliphatic carbocycles. The van der Waals surface area contributed by atoms with E-state index in [0.29, 0.717) is 21.5 Å². The van der Waals surface area contributed by atoms with Crippen molar-refractivity contribution in [2.45, 2.75) is 26.3 Å². The van der Waals surface area contributed by atoms with Crippen molar-refractivity contribution >= 4 is 34.0 Å². The minimum atomic E-state index is -0.821. The quantitative estimate of drug-likeness (QED) is 0.444. The molecule has 0 fully saturated rings. The molecule has 0 aliphatic heterocycles. The van der Waals surface area contributed by atoms with Gasteiger partial charge in [-0.05, 0) is 41.4 Å². The van der Waals surface area contributed by atoms with Crippen molar-refractivity contribution in [2.75, 3.05) is 14.2 Å². The molecule has 0 bridgehead atoms. The number of halogens is 1. The number of hydrogen-bond acceptors (Lipinski definition) is 5. The Hall–Kier alpha value is -2.09. The summed E-state index contributed by atoms with van der Waals surface area (Å²) < 4.78 is 11.1. The summed E-state index contributed by atoms with van der Waals surface area (Å²) in [5.41, 5.74) is 2.84. The first-order valence-electron chi connectivity index (χ1n) is 6.98. The number of carbonyl (C=O) groups is 2. The molecule has 0 radical (unpaired) electrons. The fraction of sp³-hybridized carbons (Fsp3) is 0.400. The first-order chi connectivity index (χ1) is 10.9. The van der Waals surface area contributed by atoms with E-state index in [9.17, 15) is 9.59 Å². The number of ether oxygens (including phenoxy) is 2. The lowest BCUT2D eigenvalue weighted by atomic mass is 10.2. The van der Waals surface area contributed by atoms with Crippen molar-refractivity contribution in [2.24, 2.45) is 5.10 Å². The maximum atomic E-state index is 11.6. The molecule has 126 valence electrons. The van der Waals surface area contributed by atoms with Crippen LogP contribution in [0.2, 0.25) is 0 Å². The minimum Gasteiger partial charge on any atom is -0.493 e. The van der Waals surface area contributed by atoms with Gasteiger partial charge in [0.2, 0.25) is 0 Å². The molecule has 1 rings (SSSR count). The lowest BCUT2D eigenvalue weighted by molar-refractivity contribution is -0.139. The van der Waals surface area contributed by atoms with E-state index >= 15 is 0 Å². The van der Waals surface area contributed by atoms with Crippen LogP contribution in [-0.2, 0) is 9.59 Å². The van der Waals surface area contributed by atoms with Gasteiger partial charge in [-0.1, -0.05) is 6.92 Å². The SMILES string of the molecule is CC[C@@H](C)NC(=O)C(=O)N/N=C\c1cc(OC)c(OC)cc1Br. The van der Waals surface area contributed by atoms with Crippen LogP contribution in [-0.4, -0.2) is 38.3 Å². The predicted molar refractivity (Wildman–Crippen MR) is 90.9 cm³/mol. The Morgan fingerprint density at radius 3 is 2.43 bits per heavy atom. The first kappa shape index (κ1) is 19.0. The Balaban J connectivity index is 2.74. The number of methoxy groups -OCH3 is 2. The largest absolute Gasteiger partial charge is 0.493 e. The van der Waals surface area contributed by atoms with Gasteiger partial charge in [0.15, 0.2) is 11.5 Å². The van der Waals surface area contributed by atoms with Crippen LogP contribution in [0.25, 0.3) is 0 Å². The number of carbonyl (C=O) groups excluding carboxylic acids is 2. The lowest BCUT2D eigenvalue weighted by Crippen LogP contribution is -2.41. The van der Waals surface area contributed by atoms with Crippen LogP contribution in [0.3, 0.4) is 0 Å². The number of nitrogens with zero attached hydrogens (tertiary/aromatic N) is 1. The Labute approximate surface area is 143 Å². The number of hydrazone groups is 1. The molecule has 0 aromatic heterocycles. The molecule has 23 heavy (non-hydrogen) atoms. The van der Waals surface area contributed by atoms with Gasteiger partial charge < -0.3 is 14.8 Å². The Morgan fingerprint density at radius 2 is 1.87 bits per heavy atom. The van der Waals surface area contributed by atoms with E-state index < -0.39 is 11.8 Å². The third kappa shape index (κ3) is 5.55. The number of amides is 2. The average molecular weight is 386 g/mol. The van der Waals surface area contributed by atoms with Gasteiger partial charge in [-0.25, -0.2) is 5.43 Å². The molecule has 1 aromatic carbocycles. The van der Waals surface area contributed by atoms with E-state index in [4.69, 9.17) is 9.47 Å². The minimum absolute atomic E-state index is 0.0720. The normalized spacial score (nSPS) is 11.9. The van der Waals surface area contributed by atoms with Gasteiger partial charge in [-0.15, -0.1) is 0 Å². The van der Waals surface area contributed by atoms with E-state index in [0.717, 1.165) is 6.42 Å². The highest BCUT2D eigenvalue weighted by Crippen LogP contribution is 2.32. The van der Waals surface area contributed by atoms with Gasteiger partial charge in [-0.3, -0.25) is 9.59 Å². The van der Waals surface area contributed by atoms with E-state index in [2.05, 4.69) is 31.8 Å². The van der Waals surface area contributed by atoms with Gasteiger partial charge in [-0.2, -0.15) is 5.10 Å². The van der Waals surface area contributed by atoms with E-state index in [1.165, 1.54) is 20.4 Å². The van der Waals surface area contributed by atoms with Crippen LogP contribution in [0, 0.1) is 0 Å². The second kappa shape index (κ2) is 9.14. The van der Waals surface area contributed by atoms with Crippen LogP contribution in [0.5, 0.6) is 11.5 Å². The van der Waals surface area contributed by atoms with Gasteiger partial charge in [0.1, 0.15) is 0 Å². The monoisotopic (exact) mass is 385 g/mol. The summed E-state index contributed by atoms with van der Waals surface area (Å²) in [5, 5.41) is 6.33. The second-order valence-electron chi connectivity index (χ2n) is 4.71. The van der Waals surface area contributed by atoms with Crippen LogP contribution in [0.15, 0.2) is 21.7 Å². The molecule has 7 nitrogen and oxygen atoms in total. The zero-order valence-electron chi connectivity index (χ0n) is 13.5. The average Bonchev–Trinajstić information content (AvgIpc) is 2.55. The van der Waals surface area contributed by atoms with Gasteiger partial charge in [0, 0.05) is 16.1 Å². The van der Waals surface area contributed by atoms with Crippen molar-refractivity contribution in [3.63, 3.8) is 0 Å². The fourth-order valence-electron chi connectivity index (χ4n) is 1.57. The molecule has 2 N–H and O–H groups in total. The topological polar surface area (TPSA) is 89.0 Å². The smallest absolute Gasteiger partial charge is 0.329 e. The van der Waals surface area contributed by atoms with Crippen molar-refractivity contribution in [3.8, 4) is 11.5 Å². The van der Waals surface area contributed by atoms with E-state index in [-0.39, 0.29) is 6.04 Å². The molecule has 1 aromatic rings. The molecule has 2 amide bonds. The van der Waals surface area contributed by atoms with Gasteiger partial charge in [0.25, 0.3) is 0 Å². The number of rotatable bonds is 6. The standard InChI is InChI=1S/C15H20BrN3O4/c1-5-9(2)18-14(20)15(21)19-17-8-10-6-12(22-3)13(23-4)7-11(10)16/h6-9H,5H2,1-4H3,(H,18,20)(H,19,21)/b17-8-/t9-/m1/s1. The molecule has 0 saturated carbocycles. The third-order valence-electron chi connectivity index (χ3n) is 3.07. The van der Waals surface area contributed by atoms with E-state index in [1.54, 1.807) is 12.1 Å². The molecule has 8 heteroatoms. The van der Waals surface area contributed by atoms with E-state index in [1.807, 2.05) is 13.8 Å². The Morgan fingerprint density at radius 1 is 1.26 bits per heavy atom. The molecular weight excluding hydrogens is 366 g/mol. The summed E-state index contributed by atoms with van der Waals surface area (Å²) >= 11 is 3.37. The van der Waals surface area contributed by atoms with Crippen molar-refractivity contribution in [1.29, 1.82) is 0 Å². The van der Waals surface area contributed by atoms with Crippen molar-refractivity contribution in [1.82, 2.24) is 10.7 Å². The van der Waals surface area contributed by atoms with Gasteiger partial charge in [0.05, 0.1) is 20.4 Å². The molecule has 0 unspecified atom stereocenters. The molecular formula is C15H20BrN3O4. The van der Waals surface area contributed by atoms with Crippen LogP contribution >= 0.6 is 15.9 Å². The lowest BCUT2D eigenvalue weighted by Gasteiger charge is -2.10. The van der Waals surface area contributed by atoms with Gasteiger partial charge >= 0.3 is 11.8 Å². The summed E-state index contributed by atoms with van der Waals surface area (Å²) in [5.74, 6) is -0.451. The summed E-state index contributed by atoms with van der Waals surface area (Å²) in [7, 11) is 3.06. The highest BCUT2D eigenvalue weighted by atomic mass is 79.9. The highest BCUT2D eigenvalue weighted by Gasteiger charge is 2.14. The molecule has 1 atom stereocenters. The Bertz CT molecular complexity index is 605. The number of benzene rings is 1. The Kier molecular flexibility index (Phi) is 7.53.